The van der Waals surface area contributed by atoms with Crippen LogP contribution in [0.4, 0.5) is 4.39 Å². The monoisotopic (exact) mass is 639 g/mol. The molecule has 1 heterocycles. The molecule has 1 atom stereocenters. The zero-order valence-electron chi connectivity index (χ0n) is 27.7. The van der Waals surface area contributed by atoms with E-state index in [0.717, 1.165) is 50.0 Å². The van der Waals surface area contributed by atoms with Crippen LogP contribution in [0.25, 0.3) is 0 Å². The minimum atomic E-state index is -2.93. The van der Waals surface area contributed by atoms with Crippen molar-refractivity contribution >= 4 is 24.7 Å². The number of esters is 1. The Labute approximate surface area is 274 Å². The van der Waals surface area contributed by atoms with Gasteiger partial charge in [-0.15, -0.1) is 0 Å². The number of rotatable bonds is 11. The molecular formula is C39H46FNO4Si. The van der Waals surface area contributed by atoms with Gasteiger partial charge in [-0.3, -0.25) is 4.79 Å². The molecule has 1 fully saturated rings. The van der Waals surface area contributed by atoms with E-state index in [1.54, 1.807) is 7.11 Å². The summed E-state index contributed by atoms with van der Waals surface area (Å²) in [6.07, 6.45) is 2.16. The van der Waals surface area contributed by atoms with Crippen LogP contribution in [0, 0.1) is 11.7 Å². The van der Waals surface area contributed by atoms with Gasteiger partial charge in [-0.1, -0.05) is 106 Å². The first-order valence-corrected chi connectivity index (χ1v) is 18.1. The lowest BCUT2D eigenvalue weighted by atomic mass is 9.86. The maximum absolute atomic E-state index is 13.3. The van der Waals surface area contributed by atoms with E-state index in [-0.39, 0.29) is 22.7 Å². The van der Waals surface area contributed by atoms with E-state index < -0.39 is 14.4 Å². The number of benzene rings is 4. The molecule has 4 aromatic carbocycles. The van der Waals surface area contributed by atoms with Crippen LogP contribution in [0.3, 0.4) is 0 Å². The molecular weight excluding hydrogens is 594 g/mol. The number of carbonyl (C=O) groups excluding carboxylic acids is 1. The van der Waals surface area contributed by atoms with Crippen molar-refractivity contribution in [2.75, 3.05) is 26.7 Å². The van der Waals surface area contributed by atoms with Gasteiger partial charge in [0.25, 0.3) is 0 Å². The molecule has 5 nitrogen and oxygen atoms in total. The van der Waals surface area contributed by atoms with Gasteiger partial charge < -0.3 is 18.8 Å². The highest BCUT2D eigenvalue weighted by molar-refractivity contribution is 7.00. The molecule has 0 aliphatic carbocycles. The number of nitrogens with zero attached hydrogens (tertiary/aromatic N) is 1. The molecule has 4 aromatic rings. The van der Waals surface area contributed by atoms with Gasteiger partial charge in [-0.05, 0) is 71.5 Å². The van der Waals surface area contributed by atoms with Crippen molar-refractivity contribution in [1.82, 2.24) is 4.90 Å². The Morgan fingerprint density at radius 1 is 0.870 bits per heavy atom. The minimum Gasteiger partial charge on any atom is -0.531 e. The summed E-state index contributed by atoms with van der Waals surface area (Å²) in [6, 6.07) is 33.8. The summed E-state index contributed by atoms with van der Waals surface area (Å²) in [5, 5.41) is 2.11. The second kappa shape index (κ2) is 14.7. The first-order valence-electron chi connectivity index (χ1n) is 16.2. The zero-order chi connectivity index (χ0) is 32.7. The summed E-state index contributed by atoms with van der Waals surface area (Å²) in [7, 11) is -1.27. The largest absolute Gasteiger partial charge is 0.531 e. The lowest BCUT2D eigenvalue weighted by Gasteiger charge is -2.43. The molecule has 0 spiro atoms. The third-order valence-electron chi connectivity index (χ3n) is 9.18. The molecule has 46 heavy (non-hydrogen) atoms. The zero-order valence-corrected chi connectivity index (χ0v) is 28.7. The highest BCUT2D eigenvalue weighted by atomic mass is 28.4. The minimum absolute atomic E-state index is 0.128. The van der Waals surface area contributed by atoms with Gasteiger partial charge >= 0.3 is 14.3 Å². The number of para-hydroxylation sites is 1. The predicted octanol–water partition coefficient (Wildman–Crippen LogP) is 7.33. The molecule has 5 rings (SSSR count). The highest BCUT2D eigenvalue weighted by Gasteiger charge is 2.52. The Bertz CT molecular complexity index is 1530. The van der Waals surface area contributed by atoms with Gasteiger partial charge in [0.1, 0.15) is 17.7 Å². The number of likely N-dealkylation sites (tertiary alicyclic amines) is 1. The van der Waals surface area contributed by atoms with E-state index in [1.165, 1.54) is 29.4 Å². The molecule has 1 aliphatic rings. The molecule has 0 aromatic heterocycles. The van der Waals surface area contributed by atoms with Crippen molar-refractivity contribution in [3.05, 3.63) is 120 Å². The number of ether oxygens (including phenoxy) is 2. The van der Waals surface area contributed by atoms with E-state index in [2.05, 4.69) is 74.2 Å². The lowest BCUT2D eigenvalue weighted by Crippen LogP contribution is -2.68. The topological polar surface area (TPSA) is 48.0 Å². The third kappa shape index (κ3) is 7.37. The van der Waals surface area contributed by atoms with Gasteiger partial charge in [0.05, 0.1) is 7.11 Å². The average molecular weight is 640 g/mol. The van der Waals surface area contributed by atoms with Gasteiger partial charge in [0, 0.05) is 24.9 Å². The van der Waals surface area contributed by atoms with Crippen LogP contribution in [0.5, 0.6) is 11.5 Å². The second-order valence-corrected chi connectivity index (χ2v) is 17.5. The third-order valence-corrected chi connectivity index (χ3v) is 14.1. The van der Waals surface area contributed by atoms with E-state index in [1.807, 2.05) is 42.5 Å². The molecule has 0 amide bonds. The van der Waals surface area contributed by atoms with Crippen molar-refractivity contribution in [1.29, 1.82) is 0 Å². The predicted molar refractivity (Wildman–Crippen MR) is 185 cm³/mol. The van der Waals surface area contributed by atoms with Crippen molar-refractivity contribution in [2.24, 2.45) is 5.92 Å². The van der Waals surface area contributed by atoms with Gasteiger partial charge in [0.2, 0.25) is 0 Å². The van der Waals surface area contributed by atoms with Crippen molar-refractivity contribution < 1.29 is 23.1 Å². The van der Waals surface area contributed by atoms with E-state index in [4.69, 9.17) is 13.9 Å². The first-order chi connectivity index (χ1) is 22.1. The van der Waals surface area contributed by atoms with Crippen LogP contribution < -0.4 is 19.5 Å². The van der Waals surface area contributed by atoms with Crippen LogP contribution in [0.1, 0.15) is 57.8 Å². The summed E-state index contributed by atoms with van der Waals surface area (Å²) in [5.74, 6) is 0.869. The Morgan fingerprint density at radius 3 is 1.98 bits per heavy atom. The van der Waals surface area contributed by atoms with Crippen molar-refractivity contribution in [3.63, 3.8) is 0 Å². The van der Waals surface area contributed by atoms with E-state index in [9.17, 15) is 9.18 Å². The van der Waals surface area contributed by atoms with Crippen LogP contribution in [0.15, 0.2) is 103 Å². The fourth-order valence-corrected chi connectivity index (χ4v) is 11.3. The molecule has 0 radical (unpaired) electrons. The molecule has 7 heteroatoms. The first kappa shape index (κ1) is 33.4. The second-order valence-electron chi connectivity index (χ2n) is 13.2. The standard InChI is InChI=1S/C39H46FNO4Si/c1-29(42)44-37(31-24-27-41(28-25-31)26-23-30-19-21-32(40)22-20-30)35-17-12-18-36(38(35)43-5)45-46(39(2,3)4,33-13-8-6-9-14-33)34-15-10-7-11-16-34/h6-22,31,37H,23-28H2,1-5H3. The summed E-state index contributed by atoms with van der Waals surface area (Å²) < 4.78 is 33.0. The molecule has 1 aliphatic heterocycles. The number of piperidine rings is 1. The van der Waals surface area contributed by atoms with Gasteiger partial charge in [-0.2, -0.15) is 0 Å². The fourth-order valence-electron chi connectivity index (χ4n) is 6.88. The van der Waals surface area contributed by atoms with Crippen LogP contribution >= 0.6 is 0 Å². The Balaban J connectivity index is 1.45. The summed E-state index contributed by atoms with van der Waals surface area (Å²) in [4.78, 5) is 14.9. The molecule has 1 saturated heterocycles. The number of hydrogen-bond donors (Lipinski definition) is 0. The Kier molecular flexibility index (Phi) is 10.6. The molecule has 242 valence electrons. The van der Waals surface area contributed by atoms with Gasteiger partial charge in [-0.25, -0.2) is 4.39 Å². The van der Waals surface area contributed by atoms with Crippen LogP contribution in [-0.4, -0.2) is 45.9 Å². The number of carbonyl (C=O) groups is 1. The molecule has 0 bridgehead atoms. The number of halogens is 1. The van der Waals surface area contributed by atoms with Crippen molar-refractivity contribution in [2.45, 2.75) is 58.1 Å². The van der Waals surface area contributed by atoms with Crippen LogP contribution in [0.2, 0.25) is 5.04 Å². The summed E-state index contributed by atoms with van der Waals surface area (Å²) in [6.45, 7) is 10.9. The molecule has 1 unspecified atom stereocenters. The smallest absolute Gasteiger partial charge is 0.320 e. The molecule has 0 saturated carbocycles. The summed E-state index contributed by atoms with van der Waals surface area (Å²) in [5.41, 5.74) is 1.96. The average Bonchev–Trinajstić information content (AvgIpc) is 3.06. The van der Waals surface area contributed by atoms with Crippen LogP contribution in [-0.2, 0) is 16.0 Å². The Hall–Kier alpha value is -3.94. The summed E-state index contributed by atoms with van der Waals surface area (Å²) >= 11 is 0. The van der Waals surface area contributed by atoms with E-state index >= 15 is 0 Å². The van der Waals surface area contributed by atoms with Crippen molar-refractivity contribution in [3.8, 4) is 11.5 Å². The quantitative estimate of drug-likeness (QED) is 0.127. The SMILES string of the molecule is COc1c(O[Si](c2ccccc2)(c2ccccc2)C(C)(C)C)cccc1C(OC(C)=O)C1CCN(CCc2ccc(F)cc2)CC1. The Morgan fingerprint density at radius 2 is 1.46 bits per heavy atom. The van der Waals surface area contributed by atoms with Gasteiger partial charge in [0.15, 0.2) is 5.75 Å². The maximum Gasteiger partial charge on any atom is 0.320 e. The van der Waals surface area contributed by atoms with E-state index in [0.29, 0.717) is 11.5 Å². The number of methoxy groups -OCH3 is 1. The lowest BCUT2D eigenvalue weighted by molar-refractivity contribution is -0.150. The highest BCUT2D eigenvalue weighted by Crippen LogP contribution is 2.45. The normalized spacial score (nSPS) is 15.3. The fraction of sp³-hybridized carbons (Fsp3) is 0.359. The maximum atomic E-state index is 13.3. The molecule has 0 N–H and O–H groups in total. The number of hydrogen-bond acceptors (Lipinski definition) is 5.